The zero-order valence-electron chi connectivity index (χ0n) is 8.28. The van der Waals surface area contributed by atoms with Crippen molar-refractivity contribution in [2.45, 2.75) is 44.2 Å². The number of carbonyl (C=O) groups is 1. The summed E-state index contributed by atoms with van der Waals surface area (Å²) in [6.45, 7) is 0. The maximum Gasteiger partial charge on any atom is 0.220 e. The minimum atomic E-state index is -0.188. The van der Waals surface area contributed by atoms with E-state index < -0.39 is 0 Å². The first-order valence-corrected chi connectivity index (χ1v) is 5.38. The lowest BCUT2D eigenvalue weighted by atomic mass is 9.89. The molecule has 78 valence electrons. The highest BCUT2D eigenvalue weighted by Crippen LogP contribution is 2.22. The summed E-state index contributed by atoms with van der Waals surface area (Å²) < 4.78 is 0. The van der Waals surface area contributed by atoms with E-state index in [9.17, 15) is 4.79 Å². The summed E-state index contributed by atoms with van der Waals surface area (Å²) in [5.41, 5.74) is 0. The van der Waals surface area contributed by atoms with E-state index in [1.165, 1.54) is 0 Å². The Balaban J connectivity index is 1.66. The standard InChI is InChI=1S/C11H17NO2/c13-10-6-9(7-10)12-11(14)5-8-3-1-2-4-8/h1,3,8-10,13H,2,4-7H2,(H,12,14). The largest absolute Gasteiger partial charge is 0.393 e. The first kappa shape index (κ1) is 9.71. The van der Waals surface area contributed by atoms with E-state index in [4.69, 9.17) is 5.11 Å². The Hall–Kier alpha value is -0.830. The third kappa shape index (κ3) is 2.35. The van der Waals surface area contributed by atoms with E-state index in [2.05, 4.69) is 17.5 Å². The van der Waals surface area contributed by atoms with Gasteiger partial charge in [-0.15, -0.1) is 0 Å². The van der Waals surface area contributed by atoms with Gasteiger partial charge in [-0.25, -0.2) is 0 Å². The highest BCUT2D eigenvalue weighted by molar-refractivity contribution is 5.76. The molecule has 14 heavy (non-hydrogen) atoms. The second-order valence-corrected chi connectivity index (χ2v) is 4.36. The number of amides is 1. The van der Waals surface area contributed by atoms with Gasteiger partial charge < -0.3 is 10.4 Å². The summed E-state index contributed by atoms with van der Waals surface area (Å²) in [5.74, 6) is 0.582. The van der Waals surface area contributed by atoms with Crippen LogP contribution in [0.1, 0.15) is 32.1 Å². The Bertz CT molecular complexity index is 244. The van der Waals surface area contributed by atoms with Gasteiger partial charge in [0.1, 0.15) is 0 Å². The van der Waals surface area contributed by atoms with Gasteiger partial charge in [0.2, 0.25) is 5.91 Å². The van der Waals surface area contributed by atoms with Crippen molar-refractivity contribution in [1.82, 2.24) is 5.32 Å². The fraction of sp³-hybridized carbons (Fsp3) is 0.727. The lowest BCUT2D eigenvalue weighted by Crippen LogP contribution is -2.47. The third-order valence-corrected chi connectivity index (χ3v) is 3.04. The smallest absolute Gasteiger partial charge is 0.220 e. The molecule has 2 aliphatic carbocycles. The summed E-state index contributed by atoms with van der Waals surface area (Å²) >= 11 is 0. The Labute approximate surface area is 84.2 Å². The predicted octanol–water partition coefficient (Wildman–Crippen LogP) is 0.982. The molecular weight excluding hydrogens is 178 g/mol. The maximum absolute atomic E-state index is 11.5. The SMILES string of the molecule is O=C(CC1C=CCC1)NC1CC(O)C1. The molecule has 0 heterocycles. The third-order valence-electron chi connectivity index (χ3n) is 3.04. The van der Waals surface area contributed by atoms with Gasteiger partial charge in [-0.1, -0.05) is 12.2 Å². The van der Waals surface area contributed by atoms with Crippen LogP contribution in [0.25, 0.3) is 0 Å². The van der Waals surface area contributed by atoms with Crippen molar-refractivity contribution < 1.29 is 9.90 Å². The van der Waals surface area contributed by atoms with Gasteiger partial charge in [-0.2, -0.15) is 0 Å². The molecule has 0 spiro atoms. The Morgan fingerprint density at radius 3 is 2.86 bits per heavy atom. The summed E-state index contributed by atoms with van der Waals surface area (Å²) in [4.78, 5) is 11.5. The molecule has 0 aromatic carbocycles. The fourth-order valence-corrected chi connectivity index (χ4v) is 2.10. The number of aliphatic hydroxyl groups is 1. The zero-order chi connectivity index (χ0) is 9.97. The van der Waals surface area contributed by atoms with Crippen LogP contribution in [-0.2, 0) is 4.79 Å². The molecule has 1 amide bonds. The van der Waals surface area contributed by atoms with Crippen LogP contribution in [0.2, 0.25) is 0 Å². The number of carbonyl (C=O) groups excluding carboxylic acids is 1. The molecule has 2 aliphatic rings. The average Bonchev–Trinajstić information content (AvgIpc) is 2.54. The molecule has 0 saturated heterocycles. The van der Waals surface area contributed by atoms with E-state index in [-0.39, 0.29) is 18.1 Å². The van der Waals surface area contributed by atoms with Crippen LogP contribution < -0.4 is 5.32 Å². The predicted molar refractivity (Wildman–Crippen MR) is 53.7 cm³/mol. The molecule has 3 nitrogen and oxygen atoms in total. The van der Waals surface area contributed by atoms with Crippen molar-refractivity contribution in [2.24, 2.45) is 5.92 Å². The van der Waals surface area contributed by atoms with Gasteiger partial charge in [0, 0.05) is 12.5 Å². The van der Waals surface area contributed by atoms with E-state index in [0.717, 1.165) is 25.7 Å². The zero-order valence-corrected chi connectivity index (χ0v) is 8.28. The van der Waals surface area contributed by atoms with Crippen molar-refractivity contribution in [2.75, 3.05) is 0 Å². The Kier molecular flexibility index (Phi) is 2.87. The van der Waals surface area contributed by atoms with E-state index in [1.807, 2.05) is 0 Å². The highest BCUT2D eigenvalue weighted by atomic mass is 16.3. The number of hydrogen-bond donors (Lipinski definition) is 2. The van der Waals surface area contributed by atoms with Crippen LogP contribution in [0, 0.1) is 5.92 Å². The second-order valence-electron chi connectivity index (χ2n) is 4.36. The summed E-state index contributed by atoms with van der Waals surface area (Å²) in [6.07, 6.45) is 8.38. The van der Waals surface area contributed by atoms with Crippen LogP contribution >= 0.6 is 0 Å². The van der Waals surface area contributed by atoms with Crippen LogP contribution in [0.3, 0.4) is 0 Å². The van der Waals surface area contributed by atoms with Crippen molar-refractivity contribution >= 4 is 5.91 Å². The molecule has 1 unspecified atom stereocenters. The van der Waals surface area contributed by atoms with Gasteiger partial charge in [0.05, 0.1) is 6.10 Å². The van der Waals surface area contributed by atoms with Crippen molar-refractivity contribution in [3.63, 3.8) is 0 Å². The number of nitrogens with one attached hydrogen (secondary N) is 1. The lowest BCUT2D eigenvalue weighted by molar-refractivity contribution is -0.123. The molecule has 2 N–H and O–H groups in total. The van der Waals surface area contributed by atoms with E-state index in [1.54, 1.807) is 0 Å². The molecule has 0 radical (unpaired) electrons. The molecular formula is C11H17NO2. The highest BCUT2D eigenvalue weighted by Gasteiger charge is 2.28. The first-order valence-electron chi connectivity index (χ1n) is 5.38. The van der Waals surface area contributed by atoms with Gasteiger partial charge in [-0.3, -0.25) is 4.79 Å². The monoisotopic (exact) mass is 195 g/mol. The van der Waals surface area contributed by atoms with Crippen LogP contribution in [0.15, 0.2) is 12.2 Å². The van der Waals surface area contributed by atoms with Crippen LogP contribution in [-0.4, -0.2) is 23.2 Å². The Morgan fingerprint density at radius 2 is 2.29 bits per heavy atom. The van der Waals surface area contributed by atoms with Crippen LogP contribution in [0.5, 0.6) is 0 Å². The molecule has 0 bridgehead atoms. The summed E-state index contributed by atoms with van der Waals surface area (Å²) in [5, 5.41) is 12.0. The maximum atomic E-state index is 11.5. The number of aliphatic hydroxyl groups excluding tert-OH is 1. The molecule has 0 aromatic heterocycles. The van der Waals surface area contributed by atoms with Gasteiger partial charge in [-0.05, 0) is 31.6 Å². The van der Waals surface area contributed by atoms with Crippen LogP contribution in [0.4, 0.5) is 0 Å². The number of hydrogen-bond acceptors (Lipinski definition) is 2. The Morgan fingerprint density at radius 1 is 1.50 bits per heavy atom. The first-order chi connectivity index (χ1) is 6.74. The second kappa shape index (κ2) is 4.13. The van der Waals surface area contributed by atoms with Crippen molar-refractivity contribution in [3.8, 4) is 0 Å². The summed E-state index contributed by atoms with van der Waals surface area (Å²) in [6, 6.07) is 0.225. The summed E-state index contributed by atoms with van der Waals surface area (Å²) in [7, 11) is 0. The van der Waals surface area contributed by atoms with E-state index in [0.29, 0.717) is 12.3 Å². The molecule has 3 heteroatoms. The average molecular weight is 195 g/mol. The van der Waals surface area contributed by atoms with E-state index >= 15 is 0 Å². The molecule has 1 atom stereocenters. The van der Waals surface area contributed by atoms with Gasteiger partial charge in [0.25, 0.3) is 0 Å². The fourth-order valence-electron chi connectivity index (χ4n) is 2.10. The minimum Gasteiger partial charge on any atom is -0.393 e. The molecule has 1 saturated carbocycles. The van der Waals surface area contributed by atoms with Gasteiger partial charge >= 0.3 is 0 Å². The molecule has 0 aromatic rings. The molecule has 1 fully saturated rings. The molecule has 0 aliphatic heterocycles. The molecule has 2 rings (SSSR count). The minimum absolute atomic E-state index is 0.137. The normalized spacial score (nSPS) is 35.4. The van der Waals surface area contributed by atoms with Crippen molar-refractivity contribution in [3.05, 3.63) is 12.2 Å². The van der Waals surface area contributed by atoms with Gasteiger partial charge in [0.15, 0.2) is 0 Å². The number of rotatable bonds is 3. The quantitative estimate of drug-likeness (QED) is 0.660. The topological polar surface area (TPSA) is 49.3 Å². The lowest BCUT2D eigenvalue weighted by Gasteiger charge is -2.32. The van der Waals surface area contributed by atoms with Crippen molar-refractivity contribution in [1.29, 1.82) is 0 Å². The number of allylic oxidation sites excluding steroid dienone is 2.